The second-order valence-electron chi connectivity index (χ2n) is 5.22. The van der Waals surface area contributed by atoms with E-state index in [-0.39, 0.29) is 17.8 Å². The molecule has 2 aliphatic rings. The highest BCUT2D eigenvalue weighted by Gasteiger charge is 2.59. The fraction of sp³-hybridized carbons (Fsp3) is 0.700. The molecule has 0 aliphatic carbocycles. The van der Waals surface area contributed by atoms with Gasteiger partial charge in [-0.25, -0.2) is 4.68 Å². The van der Waals surface area contributed by atoms with Crippen molar-refractivity contribution in [3.8, 4) is 0 Å². The molecule has 11 heteroatoms. The molecule has 0 radical (unpaired) electrons. The molecule has 1 aromatic rings. The van der Waals surface area contributed by atoms with Crippen molar-refractivity contribution in [2.24, 2.45) is 18.2 Å². The Bertz CT molecular complexity index is 609. The highest BCUT2D eigenvalue weighted by molar-refractivity contribution is 8.00. The number of β-lactam (4-membered cyclic amide) rings is 1. The molecular formula is C10H14N6O3S2. The molecule has 1 amide bonds. The van der Waals surface area contributed by atoms with E-state index in [0.717, 1.165) is 0 Å². The number of thiol groups is 1. The Balaban J connectivity index is 1.93. The van der Waals surface area contributed by atoms with E-state index in [1.54, 1.807) is 7.05 Å². The fourth-order valence-electron chi connectivity index (χ4n) is 2.62. The van der Waals surface area contributed by atoms with E-state index in [1.165, 1.54) is 21.3 Å². The molecule has 0 saturated carbocycles. The maximum Gasteiger partial charge on any atom is 0.313 e. The number of carboxylic acid groups (broad SMARTS) is 1. The molecule has 21 heavy (non-hydrogen) atoms. The summed E-state index contributed by atoms with van der Waals surface area (Å²) in [5.41, 5.74) is 4.47. The SMILES string of the molecule is Cn1nnnc1C(S)C1(C(=O)O)CS[C@@H]2C(N)C(=O)N2C1. The van der Waals surface area contributed by atoms with Crippen LogP contribution >= 0.6 is 24.4 Å². The third-order valence-electron chi connectivity index (χ3n) is 3.99. The van der Waals surface area contributed by atoms with Gasteiger partial charge in [0.25, 0.3) is 0 Å². The minimum absolute atomic E-state index is 0.0631. The summed E-state index contributed by atoms with van der Waals surface area (Å²) in [6.07, 6.45) is 0. The first-order valence-electron chi connectivity index (χ1n) is 6.20. The van der Waals surface area contributed by atoms with Gasteiger partial charge >= 0.3 is 5.97 Å². The largest absolute Gasteiger partial charge is 0.481 e. The average Bonchev–Trinajstić information content (AvgIpc) is 2.90. The summed E-state index contributed by atoms with van der Waals surface area (Å²) in [5, 5.41) is 19.9. The predicted molar refractivity (Wildman–Crippen MR) is 76.5 cm³/mol. The van der Waals surface area contributed by atoms with Gasteiger partial charge < -0.3 is 15.7 Å². The Labute approximate surface area is 129 Å². The van der Waals surface area contributed by atoms with Crippen molar-refractivity contribution >= 4 is 36.3 Å². The summed E-state index contributed by atoms with van der Waals surface area (Å²) >= 11 is 5.81. The van der Waals surface area contributed by atoms with Gasteiger partial charge in [0.2, 0.25) is 5.91 Å². The van der Waals surface area contributed by atoms with Crippen LogP contribution in [0.4, 0.5) is 0 Å². The minimum atomic E-state index is -1.25. The van der Waals surface area contributed by atoms with E-state index in [0.29, 0.717) is 11.6 Å². The summed E-state index contributed by atoms with van der Waals surface area (Å²) in [6.45, 7) is 0.0631. The van der Waals surface area contributed by atoms with Gasteiger partial charge in [-0.05, 0) is 10.4 Å². The van der Waals surface area contributed by atoms with Crippen molar-refractivity contribution in [3.63, 3.8) is 0 Å². The number of carboxylic acids is 1. The van der Waals surface area contributed by atoms with Crippen LogP contribution in [-0.2, 0) is 16.6 Å². The number of aryl methyl sites for hydroxylation is 1. The number of tetrazole rings is 1. The molecule has 4 atom stereocenters. The number of nitrogens with two attached hydrogens (primary N) is 1. The molecule has 9 nitrogen and oxygen atoms in total. The highest BCUT2D eigenvalue weighted by Crippen LogP contribution is 2.49. The van der Waals surface area contributed by atoms with Crippen molar-refractivity contribution in [2.75, 3.05) is 12.3 Å². The molecular weight excluding hydrogens is 316 g/mol. The number of carbonyl (C=O) groups excluding carboxylic acids is 1. The molecule has 0 bridgehead atoms. The first-order chi connectivity index (χ1) is 9.88. The highest BCUT2D eigenvalue weighted by atomic mass is 32.2. The van der Waals surface area contributed by atoms with E-state index in [9.17, 15) is 14.7 Å². The molecule has 0 aromatic carbocycles. The van der Waals surface area contributed by atoms with Crippen LogP contribution in [-0.4, -0.2) is 65.8 Å². The molecule has 114 valence electrons. The van der Waals surface area contributed by atoms with Gasteiger partial charge in [0.05, 0.1) is 5.25 Å². The maximum atomic E-state index is 11.9. The number of thioether (sulfide) groups is 1. The first-order valence-corrected chi connectivity index (χ1v) is 7.76. The van der Waals surface area contributed by atoms with Crippen LogP contribution in [0.5, 0.6) is 0 Å². The lowest BCUT2D eigenvalue weighted by atomic mass is 9.83. The molecule has 2 fully saturated rings. The van der Waals surface area contributed by atoms with Crippen LogP contribution in [0, 0.1) is 5.41 Å². The van der Waals surface area contributed by atoms with Gasteiger partial charge in [-0.1, -0.05) is 0 Å². The lowest BCUT2D eigenvalue weighted by molar-refractivity contribution is -0.156. The Morgan fingerprint density at radius 1 is 1.67 bits per heavy atom. The van der Waals surface area contributed by atoms with E-state index in [2.05, 4.69) is 28.2 Å². The summed E-state index contributed by atoms with van der Waals surface area (Å²) in [7, 11) is 1.62. The number of carbonyl (C=O) groups is 2. The van der Waals surface area contributed by atoms with E-state index in [1.807, 2.05) is 0 Å². The molecule has 3 rings (SSSR count). The van der Waals surface area contributed by atoms with Crippen LogP contribution in [0.15, 0.2) is 0 Å². The van der Waals surface area contributed by atoms with Gasteiger partial charge in [-0.3, -0.25) is 9.59 Å². The molecule has 2 aliphatic heterocycles. The quantitative estimate of drug-likeness (QED) is 0.451. The number of amides is 1. The smallest absolute Gasteiger partial charge is 0.313 e. The normalized spacial score (nSPS) is 33.3. The summed E-state index contributed by atoms with van der Waals surface area (Å²) in [4.78, 5) is 25.2. The lowest BCUT2D eigenvalue weighted by Gasteiger charge is -2.53. The maximum absolute atomic E-state index is 11.9. The molecule has 3 N–H and O–H groups in total. The fourth-order valence-corrected chi connectivity index (χ4v) is 4.78. The third kappa shape index (κ3) is 1.94. The second-order valence-corrected chi connectivity index (χ2v) is 6.84. The Morgan fingerprint density at radius 2 is 2.38 bits per heavy atom. The Morgan fingerprint density at radius 3 is 2.95 bits per heavy atom. The first kappa shape index (κ1) is 14.6. The summed E-state index contributed by atoms with van der Waals surface area (Å²) in [5.74, 6) is -0.595. The van der Waals surface area contributed by atoms with Crippen LogP contribution < -0.4 is 5.73 Å². The molecule has 0 spiro atoms. The van der Waals surface area contributed by atoms with Crippen LogP contribution in [0.3, 0.4) is 0 Å². The molecule has 3 unspecified atom stereocenters. The predicted octanol–water partition coefficient (Wildman–Crippen LogP) is -1.51. The molecule has 3 heterocycles. The van der Waals surface area contributed by atoms with Crippen molar-refractivity contribution in [3.05, 3.63) is 5.82 Å². The van der Waals surface area contributed by atoms with Crippen molar-refractivity contribution in [2.45, 2.75) is 16.7 Å². The standard InChI is InChI=1S/C10H14N6O3S2/c1-15-6(12-13-14-15)5(20)10(9(18)19)2-16-7(17)4(11)8(16)21-3-10/h4-5,8,20H,2-3,11H2,1H3,(H,18,19)/t4?,5?,8-,10?/m1/s1. The van der Waals surface area contributed by atoms with Gasteiger partial charge in [0, 0.05) is 19.3 Å². The van der Waals surface area contributed by atoms with E-state index in [4.69, 9.17) is 5.73 Å². The van der Waals surface area contributed by atoms with Gasteiger partial charge in [0.1, 0.15) is 16.8 Å². The Hall–Kier alpha value is -1.33. The van der Waals surface area contributed by atoms with Crippen molar-refractivity contribution in [1.82, 2.24) is 25.1 Å². The zero-order valence-electron chi connectivity index (χ0n) is 11.1. The zero-order valence-corrected chi connectivity index (χ0v) is 12.8. The van der Waals surface area contributed by atoms with Gasteiger partial charge in [-0.15, -0.1) is 16.9 Å². The van der Waals surface area contributed by atoms with Crippen LogP contribution in [0.25, 0.3) is 0 Å². The number of aromatic nitrogens is 4. The van der Waals surface area contributed by atoms with E-state index >= 15 is 0 Å². The summed E-state index contributed by atoms with van der Waals surface area (Å²) in [6, 6.07) is -0.545. The second kappa shape index (κ2) is 4.85. The minimum Gasteiger partial charge on any atom is -0.481 e. The number of hydrogen-bond acceptors (Lipinski definition) is 8. The monoisotopic (exact) mass is 330 g/mol. The lowest BCUT2D eigenvalue weighted by Crippen LogP contribution is -2.72. The third-order valence-corrected chi connectivity index (χ3v) is 6.29. The topological polar surface area (TPSA) is 127 Å². The summed E-state index contributed by atoms with van der Waals surface area (Å²) < 4.78 is 1.39. The number of rotatable bonds is 3. The number of aliphatic carboxylic acids is 1. The number of nitrogens with zero attached hydrogens (tertiary/aromatic N) is 5. The van der Waals surface area contributed by atoms with Crippen LogP contribution in [0.1, 0.15) is 11.1 Å². The molecule has 2 saturated heterocycles. The number of hydrogen-bond donors (Lipinski definition) is 3. The van der Waals surface area contributed by atoms with Crippen molar-refractivity contribution < 1.29 is 14.7 Å². The van der Waals surface area contributed by atoms with Gasteiger partial charge in [0.15, 0.2) is 5.82 Å². The zero-order chi connectivity index (χ0) is 15.4. The van der Waals surface area contributed by atoms with Crippen molar-refractivity contribution in [1.29, 1.82) is 0 Å². The van der Waals surface area contributed by atoms with Crippen LogP contribution in [0.2, 0.25) is 0 Å². The Kier molecular flexibility index (Phi) is 3.37. The molecule has 1 aromatic heterocycles. The van der Waals surface area contributed by atoms with E-state index < -0.39 is 22.7 Å². The van der Waals surface area contributed by atoms with Gasteiger partial charge in [-0.2, -0.15) is 12.6 Å². The number of fused-ring (bicyclic) bond motifs is 1. The average molecular weight is 330 g/mol.